The first kappa shape index (κ1) is 18.0. The number of benzene rings is 1. The average molecular weight is 362 g/mol. The second-order valence-electron chi connectivity index (χ2n) is 6.47. The van der Waals surface area contributed by atoms with Gasteiger partial charge in [0.05, 0.1) is 32.1 Å². The van der Waals surface area contributed by atoms with E-state index < -0.39 is 29.9 Å². The molecule has 8 heteroatoms. The minimum absolute atomic E-state index is 0.132. The summed E-state index contributed by atoms with van der Waals surface area (Å²) in [4.78, 5) is 38.5. The standard InChI is InChI=1S/C18H22N2O6/c1-19-17(22)15-14(18(23)24)10-5-7-13(21)20(10)16(15)9-4-6-11(25-2)12(8-9)26-3/h4,6,8,10,14-16H,5,7H2,1-3H3,(H,19,22)(H,23,24)/t10-,14+,15+,16-/m0/s1. The van der Waals surface area contributed by atoms with E-state index in [4.69, 9.17) is 9.47 Å². The molecule has 1 aromatic rings. The molecule has 140 valence electrons. The molecule has 2 heterocycles. The molecule has 0 saturated carbocycles. The summed E-state index contributed by atoms with van der Waals surface area (Å²) in [6.45, 7) is 0. The number of hydrogen-bond donors (Lipinski definition) is 2. The summed E-state index contributed by atoms with van der Waals surface area (Å²) >= 11 is 0. The summed E-state index contributed by atoms with van der Waals surface area (Å²) in [5.74, 6) is -2.42. The van der Waals surface area contributed by atoms with Crippen LogP contribution in [-0.4, -0.2) is 55.1 Å². The number of nitrogens with zero attached hydrogens (tertiary/aromatic N) is 1. The highest BCUT2D eigenvalue weighted by molar-refractivity contribution is 5.90. The van der Waals surface area contributed by atoms with Crippen LogP contribution >= 0.6 is 0 Å². The van der Waals surface area contributed by atoms with Gasteiger partial charge in [0.2, 0.25) is 11.8 Å². The van der Waals surface area contributed by atoms with Crippen molar-refractivity contribution in [3.63, 3.8) is 0 Å². The minimum atomic E-state index is -1.06. The van der Waals surface area contributed by atoms with Gasteiger partial charge in [-0.2, -0.15) is 0 Å². The molecule has 0 aliphatic carbocycles. The normalized spacial score (nSPS) is 27.2. The number of hydrogen-bond acceptors (Lipinski definition) is 5. The highest BCUT2D eigenvalue weighted by Gasteiger charge is 2.59. The van der Waals surface area contributed by atoms with E-state index in [9.17, 15) is 19.5 Å². The first-order valence-corrected chi connectivity index (χ1v) is 8.42. The van der Waals surface area contributed by atoms with E-state index in [1.54, 1.807) is 23.1 Å². The average Bonchev–Trinajstić information content (AvgIpc) is 3.18. The molecule has 2 aliphatic heterocycles. The van der Waals surface area contributed by atoms with Crippen molar-refractivity contribution < 1.29 is 29.0 Å². The predicted molar refractivity (Wildman–Crippen MR) is 90.8 cm³/mol. The number of ether oxygens (including phenoxy) is 2. The molecule has 0 aromatic heterocycles. The Morgan fingerprint density at radius 3 is 2.46 bits per heavy atom. The number of rotatable bonds is 5. The zero-order valence-electron chi connectivity index (χ0n) is 14.9. The Bertz CT molecular complexity index is 749. The van der Waals surface area contributed by atoms with Crippen molar-refractivity contribution >= 4 is 17.8 Å². The van der Waals surface area contributed by atoms with Gasteiger partial charge in [0.1, 0.15) is 0 Å². The maximum absolute atomic E-state index is 12.6. The molecule has 8 nitrogen and oxygen atoms in total. The Kier molecular flexibility index (Phi) is 4.76. The predicted octanol–water partition coefficient (Wildman–Crippen LogP) is 0.813. The van der Waals surface area contributed by atoms with Crippen LogP contribution < -0.4 is 14.8 Å². The van der Waals surface area contributed by atoms with Crippen LogP contribution in [0.2, 0.25) is 0 Å². The van der Waals surface area contributed by atoms with E-state index in [0.29, 0.717) is 29.9 Å². The number of carboxylic acid groups (broad SMARTS) is 1. The van der Waals surface area contributed by atoms with Crippen molar-refractivity contribution in [1.29, 1.82) is 0 Å². The maximum atomic E-state index is 12.6. The SMILES string of the molecule is CNC(=O)[C@@H]1[C@H](C(=O)O)[C@@H]2CCC(=O)N2[C@H]1c1ccc(OC)c(OC)c1. The fourth-order valence-electron chi connectivity index (χ4n) is 4.24. The number of methoxy groups -OCH3 is 2. The summed E-state index contributed by atoms with van der Waals surface area (Å²) in [6.07, 6.45) is 0.728. The minimum Gasteiger partial charge on any atom is -0.493 e. The number of nitrogens with one attached hydrogen (secondary N) is 1. The maximum Gasteiger partial charge on any atom is 0.309 e. The summed E-state index contributed by atoms with van der Waals surface area (Å²) in [5, 5.41) is 12.3. The molecular weight excluding hydrogens is 340 g/mol. The number of aliphatic carboxylic acids is 1. The topological polar surface area (TPSA) is 105 Å². The molecule has 3 rings (SSSR count). The molecule has 4 atom stereocenters. The van der Waals surface area contributed by atoms with Gasteiger partial charge >= 0.3 is 5.97 Å². The Labute approximate surface area is 151 Å². The van der Waals surface area contributed by atoms with E-state index in [1.165, 1.54) is 21.3 Å². The summed E-state index contributed by atoms with van der Waals surface area (Å²) in [7, 11) is 4.48. The molecule has 0 spiro atoms. The largest absolute Gasteiger partial charge is 0.493 e. The van der Waals surface area contributed by atoms with Crippen LogP contribution in [0.15, 0.2) is 18.2 Å². The van der Waals surface area contributed by atoms with Gasteiger partial charge in [0, 0.05) is 19.5 Å². The Morgan fingerprint density at radius 1 is 1.19 bits per heavy atom. The van der Waals surface area contributed by atoms with E-state index >= 15 is 0 Å². The first-order chi connectivity index (χ1) is 12.4. The highest BCUT2D eigenvalue weighted by atomic mass is 16.5. The molecule has 2 fully saturated rings. The van der Waals surface area contributed by atoms with Crippen LogP contribution in [0.5, 0.6) is 11.5 Å². The molecule has 1 aromatic carbocycles. The van der Waals surface area contributed by atoms with Gasteiger partial charge in [-0.3, -0.25) is 14.4 Å². The summed E-state index contributed by atoms with van der Waals surface area (Å²) < 4.78 is 10.6. The van der Waals surface area contributed by atoms with Gasteiger partial charge in [-0.15, -0.1) is 0 Å². The van der Waals surface area contributed by atoms with Gasteiger partial charge in [0.15, 0.2) is 11.5 Å². The van der Waals surface area contributed by atoms with E-state index in [2.05, 4.69) is 5.32 Å². The summed E-state index contributed by atoms with van der Waals surface area (Å²) in [5.41, 5.74) is 0.653. The number of fused-ring (bicyclic) bond motifs is 1. The van der Waals surface area contributed by atoms with Crippen molar-refractivity contribution in [1.82, 2.24) is 10.2 Å². The Morgan fingerprint density at radius 2 is 1.88 bits per heavy atom. The van der Waals surface area contributed by atoms with Crippen LogP contribution in [0.1, 0.15) is 24.4 Å². The number of carbonyl (C=O) groups is 3. The first-order valence-electron chi connectivity index (χ1n) is 8.42. The lowest BCUT2D eigenvalue weighted by Crippen LogP contribution is -2.38. The van der Waals surface area contributed by atoms with Gasteiger partial charge in [-0.1, -0.05) is 6.07 Å². The lowest BCUT2D eigenvalue weighted by Gasteiger charge is -2.27. The van der Waals surface area contributed by atoms with E-state index in [0.717, 1.165) is 0 Å². The zero-order chi connectivity index (χ0) is 19.0. The number of carboxylic acids is 1. The number of carbonyl (C=O) groups excluding carboxylic acids is 2. The molecule has 2 saturated heterocycles. The second-order valence-corrected chi connectivity index (χ2v) is 6.47. The molecule has 0 radical (unpaired) electrons. The number of amides is 2. The fraction of sp³-hybridized carbons (Fsp3) is 0.500. The Hall–Kier alpha value is -2.77. The molecule has 2 amide bonds. The van der Waals surface area contributed by atoms with Crippen LogP contribution in [0.25, 0.3) is 0 Å². The lowest BCUT2D eigenvalue weighted by atomic mass is 9.82. The van der Waals surface area contributed by atoms with Crippen molar-refractivity contribution in [3.05, 3.63) is 23.8 Å². The molecule has 0 unspecified atom stereocenters. The van der Waals surface area contributed by atoms with Gasteiger partial charge < -0.3 is 24.8 Å². The van der Waals surface area contributed by atoms with Crippen molar-refractivity contribution in [2.45, 2.75) is 24.9 Å². The lowest BCUT2D eigenvalue weighted by molar-refractivity contribution is -0.146. The smallest absolute Gasteiger partial charge is 0.309 e. The van der Waals surface area contributed by atoms with Crippen LogP contribution in [0, 0.1) is 11.8 Å². The molecular formula is C18H22N2O6. The monoisotopic (exact) mass is 362 g/mol. The van der Waals surface area contributed by atoms with Crippen LogP contribution in [0.3, 0.4) is 0 Å². The zero-order valence-corrected chi connectivity index (χ0v) is 14.9. The fourth-order valence-corrected chi connectivity index (χ4v) is 4.24. The molecule has 2 aliphatic rings. The third-order valence-electron chi connectivity index (χ3n) is 5.32. The van der Waals surface area contributed by atoms with Crippen molar-refractivity contribution in [2.75, 3.05) is 21.3 Å². The highest BCUT2D eigenvalue weighted by Crippen LogP contribution is 2.50. The van der Waals surface area contributed by atoms with Crippen LogP contribution in [0.4, 0.5) is 0 Å². The second kappa shape index (κ2) is 6.86. The van der Waals surface area contributed by atoms with Crippen molar-refractivity contribution in [2.24, 2.45) is 11.8 Å². The summed E-state index contributed by atoms with van der Waals surface area (Å²) in [6, 6.07) is 4.00. The quantitative estimate of drug-likeness (QED) is 0.803. The van der Waals surface area contributed by atoms with Crippen LogP contribution in [-0.2, 0) is 14.4 Å². The van der Waals surface area contributed by atoms with Gasteiger partial charge in [-0.25, -0.2) is 0 Å². The van der Waals surface area contributed by atoms with Gasteiger partial charge in [0.25, 0.3) is 0 Å². The van der Waals surface area contributed by atoms with Crippen molar-refractivity contribution in [3.8, 4) is 11.5 Å². The molecule has 2 N–H and O–H groups in total. The third-order valence-corrected chi connectivity index (χ3v) is 5.32. The molecule has 26 heavy (non-hydrogen) atoms. The van der Waals surface area contributed by atoms with Gasteiger partial charge in [-0.05, 0) is 24.1 Å². The third kappa shape index (κ3) is 2.65. The van der Waals surface area contributed by atoms with E-state index in [-0.39, 0.29) is 11.8 Å². The Balaban J connectivity index is 2.13. The molecule has 0 bridgehead atoms. The van der Waals surface area contributed by atoms with E-state index in [1.807, 2.05) is 0 Å².